The van der Waals surface area contributed by atoms with Gasteiger partial charge in [0.05, 0.1) is 12.9 Å². The van der Waals surface area contributed by atoms with E-state index in [9.17, 15) is 0 Å². The van der Waals surface area contributed by atoms with E-state index in [0.717, 1.165) is 22.5 Å². The molecule has 0 spiro atoms. The van der Waals surface area contributed by atoms with Crippen molar-refractivity contribution in [2.75, 3.05) is 0 Å². The molecule has 0 aliphatic carbocycles. The maximum atomic E-state index is 6.43. The second-order valence-corrected chi connectivity index (χ2v) is 8.76. The Balaban J connectivity index is 2.40. The minimum Gasteiger partial charge on any atom is -0.146 e. The van der Waals surface area contributed by atoms with Gasteiger partial charge in [0.25, 0.3) is 0 Å². The Morgan fingerprint density at radius 2 is 2.00 bits per heavy atom. The van der Waals surface area contributed by atoms with E-state index in [1.54, 1.807) is 22.7 Å². The third kappa shape index (κ3) is 2.69. The Labute approximate surface area is 126 Å². The number of hydrogen-bond acceptors (Lipinski definition) is 2. The van der Waals surface area contributed by atoms with Crippen molar-refractivity contribution in [3.05, 3.63) is 40.0 Å². The van der Waals surface area contributed by atoms with Crippen LogP contribution in [0, 0.1) is 0 Å². The van der Waals surface area contributed by atoms with Crippen LogP contribution in [0.4, 0.5) is 0 Å². The fraction of sp³-hybridized carbons (Fsp3) is 0.111. The monoisotopic (exact) mass is 448 g/mol. The lowest BCUT2D eigenvalue weighted by Gasteiger charge is -2.06. The number of alkyl halides is 1. The Hall–Kier alpha value is 1.13. The van der Waals surface area contributed by atoms with Gasteiger partial charge in [-0.2, -0.15) is 0 Å². The lowest BCUT2D eigenvalue weighted by Crippen LogP contribution is -1.88. The number of rotatable bonds is 2. The van der Waals surface area contributed by atoms with Crippen molar-refractivity contribution in [3.63, 3.8) is 0 Å². The largest absolute Gasteiger partial charge is 0.146 e. The van der Waals surface area contributed by atoms with E-state index in [2.05, 4.69) is 53.9 Å². The predicted molar refractivity (Wildman–Crippen MR) is 79.4 cm³/mol. The molecule has 2 aromatic rings. The maximum absolute atomic E-state index is 6.43. The average Bonchev–Trinajstić information content (AvgIpc) is 2.71. The Kier molecular flexibility index (Phi) is 4.35. The van der Waals surface area contributed by atoms with Gasteiger partial charge >= 0.3 is 0 Å². The Morgan fingerprint density at radius 3 is 2.47 bits per heavy atom. The second kappa shape index (κ2) is 5.19. The molecule has 2 heterocycles. The molecule has 0 radical (unpaired) electrons. The van der Waals surface area contributed by atoms with Crippen LogP contribution in [0.2, 0.25) is 0 Å². The van der Waals surface area contributed by atoms with E-state index >= 15 is 0 Å². The van der Waals surface area contributed by atoms with E-state index in [0.29, 0.717) is 0 Å². The summed E-state index contributed by atoms with van der Waals surface area (Å²) in [6.45, 7) is 0. The molecule has 0 aliphatic heterocycles. The summed E-state index contributed by atoms with van der Waals surface area (Å²) in [6, 6.07) is 4.07. The molecule has 0 bridgehead atoms. The van der Waals surface area contributed by atoms with Crippen LogP contribution in [0.5, 0.6) is 0 Å². The van der Waals surface area contributed by atoms with Gasteiger partial charge in [0.15, 0.2) is 0 Å². The summed E-state index contributed by atoms with van der Waals surface area (Å²) in [7, 11) is 0. The first kappa shape index (κ1) is 12.6. The van der Waals surface area contributed by atoms with E-state index in [4.69, 9.17) is 11.6 Å². The molecular formula is C9H4Br3ClS2. The van der Waals surface area contributed by atoms with Crippen molar-refractivity contribution in [1.29, 1.82) is 0 Å². The normalized spacial score (nSPS) is 13.1. The fourth-order valence-electron chi connectivity index (χ4n) is 1.15. The van der Waals surface area contributed by atoms with E-state index in [1.165, 1.54) is 0 Å². The van der Waals surface area contributed by atoms with Crippen molar-refractivity contribution < 1.29 is 0 Å². The number of halogens is 4. The first-order chi connectivity index (χ1) is 7.09. The molecule has 80 valence electrons. The zero-order chi connectivity index (χ0) is 11.0. The van der Waals surface area contributed by atoms with Gasteiger partial charge < -0.3 is 0 Å². The number of hydrogen-bond donors (Lipinski definition) is 0. The minimum atomic E-state index is -0.101. The van der Waals surface area contributed by atoms with Crippen molar-refractivity contribution in [3.8, 4) is 0 Å². The van der Waals surface area contributed by atoms with Gasteiger partial charge in [-0.25, -0.2) is 0 Å². The van der Waals surface area contributed by atoms with E-state index < -0.39 is 0 Å². The topological polar surface area (TPSA) is 0 Å². The van der Waals surface area contributed by atoms with Crippen molar-refractivity contribution in [1.82, 2.24) is 0 Å². The predicted octanol–water partition coefficient (Wildman–Crippen LogP) is 6.43. The van der Waals surface area contributed by atoms with Gasteiger partial charge in [-0.05, 0) is 65.3 Å². The fourth-order valence-corrected chi connectivity index (χ4v) is 6.42. The summed E-state index contributed by atoms with van der Waals surface area (Å²) in [5.74, 6) is 0. The smallest absolute Gasteiger partial charge is 0.0958 e. The van der Waals surface area contributed by atoms with Crippen LogP contribution < -0.4 is 0 Å². The molecule has 0 amide bonds. The SMILES string of the molecule is ClC(c1cc(Br)sc1Br)c1sccc1Br. The van der Waals surface area contributed by atoms with E-state index in [1.807, 2.05) is 11.4 Å². The van der Waals surface area contributed by atoms with Gasteiger partial charge in [0.2, 0.25) is 0 Å². The third-order valence-corrected chi connectivity index (χ3v) is 6.74. The van der Waals surface area contributed by atoms with E-state index in [-0.39, 0.29) is 5.38 Å². The highest BCUT2D eigenvalue weighted by Crippen LogP contribution is 2.44. The van der Waals surface area contributed by atoms with Gasteiger partial charge in [-0.3, -0.25) is 0 Å². The van der Waals surface area contributed by atoms with Crippen molar-refractivity contribution in [2.45, 2.75) is 5.38 Å². The van der Waals surface area contributed by atoms with Crippen LogP contribution in [-0.4, -0.2) is 0 Å². The summed E-state index contributed by atoms with van der Waals surface area (Å²) < 4.78 is 3.24. The Morgan fingerprint density at radius 1 is 1.27 bits per heavy atom. The molecule has 0 aromatic carbocycles. The van der Waals surface area contributed by atoms with Crippen LogP contribution >= 0.6 is 82.1 Å². The molecular weight excluding hydrogens is 447 g/mol. The molecule has 0 nitrogen and oxygen atoms in total. The van der Waals surface area contributed by atoms with Crippen LogP contribution in [-0.2, 0) is 0 Å². The molecule has 1 atom stereocenters. The van der Waals surface area contributed by atoms with Crippen molar-refractivity contribution in [2.24, 2.45) is 0 Å². The lowest BCUT2D eigenvalue weighted by atomic mass is 10.2. The van der Waals surface area contributed by atoms with Crippen LogP contribution in [0.1, 0.15) is 15.8 Å². The lowest BCUT2D eigenvalue weighted by molar-refractivity contribution is 1.18. The second-order valence-electron chi connectivity index (χ2n) is 2.77. The zero-order valence-corrected chi connectivity index (χ0v) is 14.3. The third-order valence-electron chi connectivity index (χ3n) is 1.83. The molecule has 2 rings (SSSR count). The molecule has 6 heteroatoms. The first-order valence-electron chi connectivity index (χ1n) is 3.91. The highest BCUT2D eigenvalue weighted by atomic mass is 79.9. The van der Waals surface area contributed by atoms with Gasteiger partial charge in [-0.15, -0.1) is 34.3 Å². The average molecular weight is 451 g/mol. The maximum Gasteiger partial charge on any atom is 0.0958 e. The van der Waals surface area contributed by atoms with Gasteiger partial charge in [0, 0.05) is 14.9 Å². The summed E-state index contributed by atoms with van der Waals surface area (Å²) in [6.07, 6.45) is 0. The molecule has 0 saturated carbocycles. The van der Waals surface area contributed by atoms with Gasteiger partial charge in [-0.1, -0.05) is 0 Å². The highest BCUT2D eigenvalue weighted by Gasteiger charge is 2.19. The number of thiophene rings is 2. The molecule has 0 saturated heterocycles. The van der Waals surface area contributed by atoms with Gasteiger partial charge in [0.1, 0.15) is 0 Å². The molecule has 0 fully saturated rings. The summed E-state index contributed by atoms with van der Waals surface area (Å²) >= 11 is 20.2. The highest BCUT2D eigenvalue weighted by molar-refractivity contribution is 9.12. The molecule has 0 aliphatic rings. The minimum absolute atomic E-state index is 0.101. The standard InChI is InChI=1S/C9H4Br3ClS2/c10-5-1-2-14-8(5)7(13)4-3-6(11)15-9(4)12/h1-3,7H. The molecule has 1 unspecified atom stereocenters. The zero-order valence-electron chi connectivity index (χ0n) is 7.14. The quantitative estimate of drug-likeness (QED) is 0.462. The molecule has 15 heavy (non-hydrogen) atoms. The van der Waals surface area contributed by atoms with Crippen LogP contribution in [0.15, 0.2) is 29.6 Å². The van der Waals surface area contributed by atoms with Crippen molar-refractivity contribution >= 4 is 82.1 Å². The molecule has 0 N–H and O–H groups in total. The van der Waals surface area contributed by atoms with Crippen LogP contribution in [0.25, 0.3) is 0 Å². The Bertz CT molecular complexity index is 477. The summed E-state index contributed by atoms with van der Waals surface area (Å²) in [5.41, 5.74) is 1.11. The molecule has 2 aromatic heterocycles. The summed E-state index contributed by atoms with van der Waals surface area (Å²) in [4.78, 5) is 1.14. The first-order valence-corrected chi connectivity index (χ1v) is 8.42. The van der Waals surface area contributed by atoms with Crippen LogP contribution in [0.3, 0.4) is 0 Å². The summed E-state index contributed by atoms with van der Waals surface area (Å²) in [5, 5.41) is 1.93.